The third-order valence-corrected chi connectivity index (χ3v) is 4.68. The molecule has 0 saturated carbocycles. The van der Waals surface area contributed by atoms with Gasteiger partial charge in [0.1, 0.15) is 0 Å². The second kappa shape index (κ2) is 38.8. The first-order chi connectivity index (χ1) is 12.8. The van der Waals surface area contributed by atoms with Crippen molar-refractivity contribution in [1.82, 2.24) is 0 Å². The summed E-state index contributed by atoms with van der Waals surface area (Å²) in [6.45, 7) is 13.4. The molecule has 0 N–H and O–H groups in total. The number of rotatable bonds is 20. The summed E-state index contributed by atoms with van der Waals surface area (Å²) in [6, 6.07) is 0. The number of halogens is 1. The molecule has 0 heterocycles. The molecule has 0 aromatic rings. The van der Waals surface area contributed by atoms with Crippen molar-refractivity contribution in [1.29, 1.82) is 0 Å². The third-order valence-electron chi connectivity index (χ3n) is 4.68. The van der Waals surface area contributed by atoms with Crippen LogP contribution in [0, 0.1) is 40.8 Å². The van der Waals surface area contributed by atoms with Crippen LogP contribution >= 0.6 is 0 Å². The zero-order valence-electron chi connectivity index (χ0n) is 19.9. The quantitative estimate of drug-likeness (QED) is 0.171. The predicted octanol–water partition coefficient (Wildman–Crippen LogP) is 6.05. The molecule has 169 valence electrons. The number of hydrogen-bond acceptors (Lipinski definition) is 0. The van der Waals surface area contributed by atoms with Crippen LogP contribution in [0.2, 0.25) is 0 Å². The molecule has 4 heteroatoms. The molecular formula is C24H52FN2Nd. The minimum absolute atomic E-state index is 0. The Morgan fingerprint density at radius 3 is 0.750 bits per heavy atom. The average Bonchev–Trinajstić information content (AvgIpc) is 2.66. The molecule has 0 unspecified atom stereocenters. The molecular weight excluding hydrogens is 480 g/mol. The Kier molecular flexibility index (Phi) is 50.6. The van der Waals surface area contributed by atoms with Gasteiger partial charge in [-0.2, -0.15) is 0 Å². The van der Waals surface area contributed by atoms with Gasteiger partial charge < -0.3 is 15.3 Å². The van der Waals surface area contributed by atoms with Crippen LogP contribution in [-0.2, 0) is 0 Å². The van der Waals surface area contributed by atoms with Crippen LogP contribution in [-0.4, -0.2) is 26.2 Å². The second-order valence-electron chi connectivity index (χ2n) is 7.58. The van der Waals surface area contributed by atoms with E-state index in [2.05, 4.69) is 38.3 Å². The summed E-state index contributed by atoms with van der Waals surface area (Å²) in [5.74, 6) is 0. The fraction of sp³-hybridized carbons (Fsp3) is 1.00. The molecule has 0 aliphatic rings. The normalized spacial score (nSPS) is 9.86. The maximum Gasteiger partial charge on any atom is 3.00 e. The van der Waals surface area contributed by atoms with E-state index in [-0.39, 0.29) is 45.5 Å². The molecule has 0 aromatic heterocycles. The van der Waals surface area contributed by atoms with E-state index in [1.807, 2.05) is 0 Å². The van der Waals surface area contributed by atoms with Gasteiger partial charge in [0.25, 0.3) is 0 Å². The van der Waals surface area contributed by atoms with Gasteiger partial charge >= 0.3 is 40.8 Å². The molecule has 0 aliphatic heterocycles. The van der Waals surface area contributed by atoms with Crippen molar-refractivity contribution >= 4 is 0 Å². The van der Waals surface area contributed by atoms with Crippen LogP contribution in [0.3, 0.4) is 0 Å². The minimum atomic E-state index is 0. The van der Waals surface area contributed by atoms with Crippen LogP contribution in [0.4, 0.5) is 0 Å². The third kappa shape index (κ3) is 41.5. The van der Waals surface area contributed by atoms with Crippen LogP contribution < -0.4 is 4.70 Å². The fourth-order valence-corrected chi connectivity index (χ4v) is 2.83. The first kappa shape index (κ1) is 36.6. The Morgan fingerprint density at radius 2 is 0.571 bits per heavy atom. The van der Waals surface area contributed by atoms with Crippen molar-refractivity contribution in [3.05, 3.63) is 10.6 Å². The topological polar surface area (TPSA) is 28.2 Å². The molecule has 0 atom stereocenters. The smallest absolute Gasteiger partial charge is 1.00 e. The van der Waals surface area contributed by atoms with Gasteiger partial charge in [-0.3, -0.25) is 0 Å². The summed E-state index contributed by atoms with van der Waals surface area (Å²) in [5, 5.41) is 9.03. The van der Waals surface area contributed by atoms with Crippen LogP contribution in [0.1, 0.15) is 130 Å². The Balaban J connectivity index is -0.000000192. The summed E-state index contributed by atoms with van der Waals surface area (Å²) in [4.78, 5) is 0. The molecule has 0 amide bonds. The van der Waals surface area contributed by atoms with Gasteiger partial charge in [-0.25, -0.2) is 0 Å². The van der Waals surface area contributed by atoms with Crippen molar-refractivity contribution in [2.45, 2.75) is 130 Å². The predicted molar refractivity (Wildman–Crippen MR) is 123 cm³/mol. The molecule has 0 fully saturated rings. The molecule has 0 saturated heterocycles. The van der Waals surface area contributed by atoms with Gasteiger partial charge in [-0.1, -0.05) is 130 Å². The molecule has 0 spiro atoms. The summed E-state index contributed by atoms with van der Waals surface area (Å²) in [5.41, 5.74) is 0. The number of nitrogens with zero attached hydrogens (tertiary/aromatic N) is 2. The standard InChI is InChI=1S/2C12H26N.FH.Nd/c2*1-3-5-7-9-11-13-12-10-8-6-4-2;;/h2*3-12H2,1-2H3;1H;/q2*-1;;+3/p-1. The van der Waals surface area contributed by atoms with E-state index in [4.69, 9.17) is 0 Å². The van der Waals surface area contributed by atoms with Gasteiger partial charge in [-0.05, 0) is 0 Å². The molecule has 0 aliphatic carbocycles. The van der Waals surface area contributed by atoms with Gasteiger partial charge in [0, 0.05) is 0 Å². The zero-order valence-corrected chi connectivity index (χ0v) is 23.1. The summed E-state index contributed by atoms with van der Waals surface area (Å²) < 4.78 is 0. The first-order valence-electron chi connectivity index (χ1n) is 12.1. The van der Waals surface area contributed by atoms with Gasteiger partial charge in [0.2, 0.25) is 0 Å². The van der Waals surface area contributed by atoms with Crippen molar-refractivity contribution in [2.75, 3.05) is 26.2 Å². The van der Waals surface area contributed by atoms with E-state index < -0.39 is 0 Å². The van der Waals surface area contributed by atoms with E-state index in [0.29, 0.717) is 0 Å². The number of hydrogen-bond donors (Lipinski definition) is 0. The summed E-state index contributed by atoms with van der Waals surface area (Å²) >= 11 is 0. The van der Waals surface area contributed by atoms with E-state index in [1.165, 1.54) is 103 Å². The fourth-order valence-electron chi connectivity index (χ4n) is 2.83. The van der Waals surface area contributed by atoms with Crippen molar-refractivity contribution < 1.29 is 45.5 Å². The van der Waals surface area contributed by atoms with E-state index in [1.54, 1.807) is 0 Å². The van der Waals surface area contributed by atoms with E-state index in [0.717, 1.165) is 26.2 Å². The van der Waals surface area contributed by atoms with Gasteiger partial charge in [-0.15, -0.1) is 26.2 Å². The van der Waals surface area contributed by atoms with Gasteiger partial charge in [0.15, 0.2) is 0 Å². The van der Waals surface area contributed by atoms with Crippen LogP contribution in [0.5, 0.6) is 0 Å². The monoisotopic (exact) mass is 529 g/mol. The Hall–Kier alpha value is 1.20. The Labute approximate surface area is 211 Å². The SMILES string of the molecule is CCCCCC[N-]CCCCCC.CCCCCC[N-]CCCCCC.[F-].[Nd+3]. The Morgan fingerprint density at radius 1 is 0.357 bits per heavy atom. The summed E-state index contributed by atoms with van der Waals surface area (Å²) in [6.07, 6.45) is 21.5. The molecule has 0 rings (SSSR count). The molecule has 28 heavy (non-hydrogen) atoms. The maximum absolute atomic E-state index is 4.51. The number of unbranched alkanes of at least 4 members (excludes halogenated alkanes) is 12. The second-order valence-corrected chi connectivity index (χ2v) is 7.58. The molecule has 0 aromatic carbocycles. The maximum atomic E-state index is 4.51. The van der Waals surface area contributed by atoms with Gasteiger partial charge in [0.05, 0.1) is 0 Å². The summed E-state index contributed by atoms with van der Waals surface area (Å²) in [7, 11) is 0. The molecule has 0 bridgehead atoms. The van der Waals surface area contributed by atoms with Crippen molar-refractivity contribution in [2.24, 2.45) is 0 Å². The molecule has 2 nitrogen and oxygen atoms in total. The zero-order chi connectivity index (χ0) is 19.6. The van der Waals surface area contributed by atoms with Crippen molar-refractivity contribution in [3.8, 4) is 0 Å². The first-order valence-corrected chi connectivity index (χ1v) is 12.1. The molecule has 1 radical (unpaired) electrons. The van der Waals surface area contributed by atoms with Crippen LogP contribution in [0.25, 0.3) is 10.6 Å². The largest absolute Gasteiger partial charge is 3.00 e. The Bertz CT molecular complexity index is 177. The van der Waals surface area contributed by atoms with E-state index in [9.17, 15) is 0 Å². The van der Waals surface area contributed by atoms with Crippen molar-refractivity contribution in [3.63, 3.8) is 0 Å². The average molecular weight is 532 g/mol. The van der Waals surface area contributed by atoms with Crippen LogP contribution in [0.15, 0.2) is 0 Å². The van der Waals surface area contributed by atoms with E-state index >= 15 is 0 Å². The minimum Gasteiger partial charge on any atom is -1.00 e.